The topological polar surface area (TPSA) is 29.5 Å². The highest BCUT2D eigenvalue weighted by molar-refractivity contribution is 6.73. The van der Waals surface area contributed by atoms with E-state index in [1.807, 2.05) is 0 Å². The van der Waals surface area contributed by atoms with Gasteiger partial charge in [0.15, 0.2) is 8.32 Å². The Bertz CT molecular complexity index is 188. The first kappa shape index (κ1) is 14.2. The second kappa shape index (κ2) is 6.17. The summed E-state index contributed by atoms with van der Waals surface area (Å²) < 4.78 is 6.55. The lowest BCUT2D eigenvalue weighted by atomic mass is 9.86. The van der Waals surface area contributed by atoms with Crippen LogP contribution in [0, 0.1) is 0 Å². The highest BCUT2D eigenvalue weighted by Gasteiger charge is 2.41. The Labute approximate surface area is 102 Å². The van der Waals surface area contributed by atoms with Gasteiger partial charge in [-0.2, -0.15) is 0 Å². The van der Waals surface area contributed by atoms with Gasteiger partial charge in [-0.05, 0) is 31.0 Å². The third kappa shape index (κ3) is 3.08. The number of rotatable bonds is 6. The van der Waals surface area contributed by atoms with Gasteiger partial charge in [-0.1, -0.05) is 40.0 Å². The standard InChI is InChI=1S/C13H28O2Si/c1-4-16(5-2,6-3)15-13(12-14)10-8-7-9-11-13/h14H,4-12H2,1-3H3. The molecule has 1 fully saturated rings. The first-order valence-electron chi connectivity index (χ1n) is 6.97. The molecule has 96 valence electrons. The molecule has 0 radical (unpaired) electrons. The fraction of sp³-hybridized carbons (Fsp3) is 1.00. The molecule has 0 saturated heterocycles. The summed E-state index contributed by atoms with van der Waals surface area (Å²) in [5.74, 6) is 0. The molecule has 1 aliphatic carbocycles. The lowest BCUT2D eigenvalue weighted by Crippen LogP contribution is -2.50. The summed E-state index contributed by atoms with van der Waals surface area (Å²) in [6.45, 7) is 7.00. The van der Waals surface area contributed by atoms with Gasteiger partial charge >= 0.3 is 0 Å². The van der Waals surface area contributed by atoms with Gasteiger partial charge in [0, 0.05) is 0 Å². The van der Waals surface area contributed by atoms with Crippen LogP contribution in [0.2, 0.25) is 18.1 Å². The smallest absolute Gasteiger partial charge is 0.192 e. The fourth-order valence-corrected chi connectivity index (χ4v) is 6.03. The van der Waals surface area contributed by atoms with Gasteiger partial charge < -0.3 is 9.53 Å². The van der Waals surface area contributed by atoms with Crippen molar-refractivity contribution in [1.82, 2.24) is 0 Å². The second-order valence-corrected chi connectivity index (χ2v) is 9.94. The summed E-state index contributed by atoms with van der Waals surface area (Å²) in [7, 11) is -1.56. The zero-order chi connectivity index (χ0) is 12.1. The summed E-state index contributed by atoms with van der Waals surface area (Å²) in [4.78, 5) is 0. The molecule has 0 amide bonds. The minimum absolute atomic E-state index is 0.174. The average Bonchev–Trinajstić information content (AvgIpc) is 2.37. The molecule has 1 saturated carbocycles. The van der Waals surface area contributed by atoms with Crippen LogP contribution in [0.3, 0.4) is 0 Å². The van der Waals surface area contributed by atoms with Crippen molar-refractivity contribution in [3.05, 3.63) is 0 Å². The van der Waals surface area contributed by atoms with Crippen LogP contribution in [0.15, 0.2) is 0 Å². The third-order valence-electron chi connectivity index (χ3n) is 4.42. The first-order valence-corrected chi connectivity index (χ1v) is 9.50. The molecular weight excluding hydrogens is 216 g/mol. The molecule has 16 heavy (non-hydrogen) atoms. The normalized spacial score (nSPS) is 21.0. The monoisotopic (exact) mass is 244 g/mol. The Morgan fingerprint density at radius 2 is 1.50 bits per heavy atom. The SMILES string of the molecule is CC[Si](CC)(CC)OC1(CO)CCCCC1. The summed E-state index contributed by atoms with van der Waals surface area (Å²) >= 11 is 0. The van der Waals surface area contributed by atoms with Gasteiger partial charge in [0.1, 0.15) is 0 Å². The highest BCUT2D eigenvalue weighted by Crippen LogP contribution is 2.37. The van der Waals surface area contributed by atoms with Crippen LogP contribution >= 0.6 is 0 Å². The lowest BCUT2D eigenvalue weighted by Gasteiger charge is -2.43. The number of aliphatic hydroxyl groups is 1. The summed E-state index contributed by atoms with van der Waals surface area (Å²) in [5.41, 5.74) is -0.174. The van der Waals surface area contributed by atoms with Crippen LogP contribution in [0.1, 0.15) is 52.9 Å². The molecule has 3 heteroatoms. The van der Waals surface area contributed by atoms with E-state index in [0.29, 0.717) is 0 Å². The van der Waals surface area contributed by atoms with Crippen LogP contribution < -0.4 is 0 Å². The Hall–Kier alpha value is 0.137. The Morgan fingerprint density at radius 1 is 1.00 bits per heavy atom. The maximum Gasteiger partial charge on any atom is 0.192 e. The third-order valence-corrected chi connectivity index (χ3v) is 9.15. The van der Waals surface area contributed by atoms with Gasteiger partial charge in [0.25, 0.3) is 0 Å². The molecule has 0 aliphatic heterocycles. The van der Waals surface area contributed by atoms with Crippen molar-refractivity contribution >= 4 is 8.32 Å². The predicted octanol–water partition coefficient (Wildman–Crippen LogP) is 3.70. The second-order valence-electron chi connectivity index (χ2n) is 5.25. The van der Waals surface area contributed by atoms with Gasteiger partial charge in [-0.3, -0.25) is 0 Å². The van der Waals surface area contributed by atoms with Crippen molar-refractivity contribution in [1.29, 1.82) is 0 Å². The molecule has 0 aromatic carbocycles. The molecule has 0 heterocycles. The van der Waals surface area contributed by atoms with E-state index in [0.717, 1.165) is 12.8 Å². The van der Waals surface area contributed by atoms with Crippen LogP contribution in [0.25, 0.3) is 0 Å². The lowest BCUT2D eigenvalue weighted by molar-refractivity contribution is -0.0290. The molecule has 1 N–H and O–H groups in total. The van der Waals surface area contributed by atoms with Gasteiger partial charge in [0.2, 0.25) is 0 Å². The van der Waals surface area contributed by atoms with E-state index in [2.05, 4.69) is 20.8 Å². The maximum atomic E-state index is 9.69. The van der Waals surface area contributed by atoms with Crippen LogP contribution in [0.4, 0.5) is 0 Å². The zero-order valence-corrected chi connectivity index (χ0v) is 12.2. The molecule has 0 bridgehead atoms. The van der Waals surface area contributed by atoms with Gasteiger partial charge in [0.05, 0.1) is 12.2 Å². The molecule has 0 atom stereocenters. The Balaban J connectivity index is 2.72. The Morgan fingerprint density at radius 3 is 1.88 bits per heavy atom. The number of hydrogen-bond donors (Lipinski definition) is 1. The van der Waals surface area contributed by atoms with E-state index in [-0.39, 0.29) is 12.2 Å². The first-order chi connectivity index (χ1) is 7.66. The van der Waals surface area contributed by atoms with E-state index in [1.165, 1.54) is 37.4 Å². The van der Waals surface area contributed by atoms with Crippen molar-refractivity contribution in [3.8, 4) is 0 Å². The molecular formula is C13H28O2Si. The van der Waals surface area contributed by atoms with Crippen LogP contribution in [-0.4, -0.2) is 25.6 Å². The minimum atomic E-state index is -1.56. The van der Waals surface area contributed by atoms with E-state index in [1.54, 1.807) is 0 Å². The fourth-order valence-electron chi connectivity index (χ4n) is 2.91. The minimum Gasteiger partial charge on any atom is -0.409 e. The number of aliphatic hydroxyl groups excluding tert-OH is 1. The molecule has 2 nitrogen and oxygen atoms in total. The van der Waals surface area contributed by atoms with E-state index < -0.39 is 8.32 Å². The Kier molecular flexibility index (Phi) is 5.48. The van der Waals surface area contributed by atoms with Crippen molar-refractivity contribution < 1.29 is 9.53 Å². The molecule has 0 spiro atoms. The maximum absolute atomic E-state index is 9.69. The summed E-state index contributed by atoms with van der Waals surface area (Å²) in [5, 5.41) is 9.69. The van der Waals surface area contributed by atoms with Crippen LogP contribution in [-0.2, 0) is 4.43 Å². The van der Waals surface area contributed by atoms with E-state index in [9.17, 15) is 5.11 Å². The predicted molar refractivity (Wildman–Crippen MR) is 71.2 cm³/mol. The van der Waals surface area contributed by atoms with E-state index >= 15 is 0 Å². The quantitative estimate of drug-likeness (QED) is 0.722. The van der Waals surface area contributed by atoms with Crippen molar-refractivity contribution in [2.24, 2.45) is 0 Å². The molecule has 0 aromatic heterocycles. The van der Waals surface area contributed by atoms with E-state index in [4.69, 9.17) is 4.43 Å². The van der Waals surface area contributed by atoms with Gasteiger partial charge in [-0.15, -0.1) is 0 Å². The molecule has 1 rings (SSSR count). The van der Waals surface area contributed by atoms with Gasteiger partial charge in [-0.25, -0.2) is 0 Å². The highest BCUT2D eigenvalue weighted by atomic mass is 28.4. The molecule has 0 aromatic rings. The summed E-state index contributed by atoms with van der Waals surface area (Å²) in [6, 6.07) is 3.55. The summed E-state index contributed by atoms with van der Waals surface area (Å²) in [6.07, 6.45) is 5.89. The van der Waals surface area contributed by atoms with Crippen LogP contribution in [0.5, 0.6) is 0 Å². The van der Waals surface area contributed by atoms with Crippen molar-refractivity contribution in [2.45, 2.75) is 76.6 Å². The van der Waals surface area contributed by atoms with Crippen molar-refractivity contribution in [2.75, 3.05) is 6.61 Å². The zero-order valence-electron chi connectivity index (χ0n) is 11.2. The average molecular weight is 244 g/mol. The largest absolute Gasteiger partial charge is 0.409 e. The molecule has 1 aliphatic rings. The molecule has 0 unspecified atom stereocenters. The number of hydrogen-bond acceptors (Lipinski definition) is 2. The van der Waals surface area contributed by atoms with Crippen molar-refractivity contribution in [3.63, 3.8) is 0 Å².